The van der Waals surface area contributed by atoms with Gasteiger partial charge in [0.05, 0.1) is 11.7 Å². The number of pyridine rings is 1. The fraction of sp³-hybridized carbons (Fsp3) is 0.316. The summed E-state index contributed by atoms with van der Waals surface area (Å²) in [6, 6.07) is 4.69. The lowest BCUT2D eigenvalue weighted by molar-refractivity contribution is -0.128. The summed E-state index contributed by atoms with van der Waals surface area (Å²) in [7, 11) is 0. The van der Waals surface area contributed by atoms with Crippen LogP contribution in [-0.4, -0.2) is 26.8 Å². The second-order valence-electron chi connectivity index (χ2n) is 6.07. The number of amides is 1. The Hall–Kier alpha value is -2.48. The van der Waals surface area contributed by atoms with Gasteiger partial charge >= 0.3 is 0 Å². The summed E-state index contributed by atoms with van der Waals surface area (Å²) in [5.74, 6) is -0.815. The molecule has 3 aromatic rings. The zero-order valence-corrected chi connectivity index (χ0v) is 16.7. The van der Waals surface area contributed by atoms with Crippen molar-refractivity contribution in [3.8, 4) is 5.75 Å². The molecule has 0 saturated carbocycles. The molecule has 0 spiro atoms. The number of nitrogens with one attached hydrogen (secondary N) is 1. The average Bonchev–Trinajstić information content (AvgIpc) is 3.13. The van der Waals surface area contributed by atoms with E-state index in [0.717, 1.165) is 22.0 Å². The third-order valence-corrected chi connectivity index (χ3v) is 4.55. The van der Waals surface area contributed by atoms with Gasteiger partial charge in [0.15, 0.2) is 17.7 Å². The summed E-state index contributed by atoms with van der Waals surface area (Å²) in [5, 5.41) is 7.71. The average molecular weight is 435 g/mol. The van der Waals surface area contributed by atoms with Crippen LogP contribution in [0.15, 0.2) is 41.3 Å². The standard InChI is InChI=1S/C19H20BrFN4O2/c1-3-17(19(26)23-8-12-9-24-25(4-2)11-12)27-18-6-13-5-14(20)10-22-16(13)7-15(18)21/h5-7,9-11,17H,3-4,8H2,1-2H3,(H,23,26). The molecule has 1 unspecified atom stereocenters. The van der Waals surface area contributed by atoms with E-state index in [1.165, 1.54) is 6.07 Å². The molecule has 1 amide bonds. The molecule has 3 rings (SSSR count). The predicted octanol–water partition coefficient (Wildman–Crippen LogP) is 3.83. The van der Waals surface area contributed by atoms with Crippen LogP contribution in [0.3, 0.4) is 0 Å². The number of rotatable bonds is 7. The van der Waals surface area contributed by atoms with E-state index in [1.807, 2.05) is 26.1 Å². The van der Waals surface area contributed by atoms with Crippen molar-refractivity contribution in [1.29, 1.82) is 0 Å². The smallest absolute Gasteiger partial charge is 0.261 e. The highest BCUT2D eigenvalue weighted by Gasteiger charge is 2.20. The lowest BCUT2D eigenvalue weighted by Gasteiger charge is -2.18. The number of hydrogen-bond donors (Lipinski definition) is 1. The lowest BCUT2D eigenvalue weighted by atomic mass is 10.2. The maximum absolute atomic E-state index is 14.4. The van der Waals surface area contributed by atoms with E-state index in [-0.39, 0.29) is 11.7 Å². The predicted molar refractivity (Wildman–Crippen MR) is 104 cm³/mol. The van der Waals surface area contributed by atoms with Gasteiger partial charge in [-0.25, -0.2) is 4.39 Å². The number of aryl methyl sites for hydroxylation is 1. The molecule has 0 aliphatic carbocycles. The van der Waals surface area contributed by atoms with Gasteiger partial charge in [-0.3, -0.25) is 14.5 Å². The first-order valence-corrected chi connectivity index (χ1v) is 9.50. The maximum Gasteiger partial charge on any atom is 0.261 e. The number of carbonyl (C=O) groups is 1. The summed E-state index contributed by atoms with van der Waals surface area (Å²) < 4.78 is 22.6. The highest BCUT2D eigenvalue weighted by Crippen LogP contribution is 2.26. The molecule has 142 valence electrons. The minimum atomic E-state index is -0.793. The molecule has 0 aliphatic heterocycles. The number of halogens is 2. The first-order chi connectivity index (χ1) is 13.0. The van der Waals surface area contributed by atoms with E-state index in [0.29, 0.717) is 18.5 Å². The Bertz CT molecular complexity index is 960. The monoisotopic (exact) mass is 434 g/mol. The molecule has 8 heteroatoms. The quantitative estimate of drug-likeness (QED) is 0.613. The van der Waals surface area contributed by atoms with Crippen molar-refractivity contribution in [2.45, 2.75) is 39.5 Å². The highest BCUT2D eigenvalue weighted by atomic mass is 79.9. The molecule has 1 N–H and O–H groups in total. The first kappa shape index (κ1) is 19.3. The van der Waals surface area contributed by atoms with Gasteiger partial charge in [0.2, 0.25) is 0 Å². The van der Waals surface area contributed by atoms with Gasteiger partial charge in [0, 0.05) is 47.0 Å². The first-order valence-electron chi connectivity index (χ1n) is 8.70. The molecule has 2 aromatic heterocycles. The number of aromatic nitrogens is 3. The second kappa shape index (κ2) is 8.47. The van der Waals surface area contributed by atoms with Gasteiger partial charge in [-0.2, -0.15) is 5.10 Å². The molecular weight excluding hydrogens is 415 g/mol. The molecule has 1 atom stereocenters. The van der Waals surface area contributed by atoms with Crippen molar-refractivity contribution < 1.29 is 13.9 Å². The Morgan fingerprint density at radius 3 is 2.85 bits per heavy atom. The summed E-state index contributed by atoms with van der Waals surface area (Å²) in [4.78, 5) is 16.6. The summed E-state index contributed by atoms with van der Waals surface area (Å²) in [6.07, 6.45) is 4.80. The van der Waals surface area contributed by atoms with Crippen LogP contribution in [-0.2, 0) is 17.9 Å². The normalized spacial score (nSPS) is 12.1. The largest absolute Gasteiger partial charge is 0.478 e. The van der Waals surface area contributed by atoms with Gasteiger partial charge in [0.25, 0.3) is 5.91 Å². The van der Waals surface area contributed by atoms with Crippen molar-refractivity contribution in [3.63, 3.8) is 0 Å². The van der Waals surface area contributed by atoms with E-state index in [2.05, 4.69) is 31.3 Å². The third kappa shape index (κ3) is 4.63. The number of benzene rings is 1. The van der Waals surface area contributed by atoms with Crippen molar-refractivity contribution in [2.24, 2.45) is 0 Å². The molecule has 0 aliphatic rings. The van der Waals surface area contributed by atoms with Crippen LogP contribution in [0, 0.1) is 5.82 Å². The minimum Gasteiger partial charge on any atom is -0.478 e. The van der Waals surface area contributed by atoms with Gasteiger partial charge in [-0.05, 0) is 41.4 Å². The Morgan fingerprint density at radius 1 is 1.33 bits per heavy atom. The van der Waals surface area contributed by atoms with E-state index in [1.54, 1.807) is 23.1 Å². The zero-order chi connectivity index (χ0) is 19.4. The van der Waals surface area contributed by atoms with Crippen LogP contribution < -0.4 is 10.1 Å². The summed E-state index contributed by atoms with van der Waals surface area (Å²) in [5.41, 5.74) is 1.42. The Morgan fingerprint density at radius 2 is 2.15 bits per heavy atom. The van der Waals surface area contributed by atoms with E-state index < -0.39 is 11.9 Å². The minimum absolute atomic E-state index is 0.0307. The van der Waals surface area contributed by atoms with Crippen LogP contribution in [0.25, 0.3) is 10.9 Å². The van der Waals surface area contributed by atoms with Crippen LogP contribution in [0.2, 0.25) is 0 Å². The number of hydrogen-bond acceptors (Lipinski definition) is 4. The van der Waals surface area contributed by atoms with Gasteiger partial charge in [-0.1, -0.05) is 6.92 Å². The Labute approximate surface area is 164 Å². The molecule has 1 aromatic carbocycles. The van der Waals surface area contributed by atoms with Crippen LogP contribution in [0.1, 0.15) is 25.8 Å². The molecule has 27 heavy (non-hydrogen) atoms. The molecular formula is C19H20BrFN4O2. The number of fused-ring (bicyclic) bond motifs is 1. The van der Waals surface area contributed by atoms with E-state index >= 15 is 0 Å². The topological polar surface area (TPSA) is 69.0 Å². The van der Waals surface area contributed by atoms with Crippen LogP contribution >= 0.6 is 15.9 Å². The highest BCUT2D eigenvalue weighted by molar-refractivity contribution is 9.10. The number of carbonyl (C=O) groups excluding carboxylic acids is 1. The fourth-order valence-corrected chi connectivity index (χ4v) is 2.99. The Kier molecular flexibility index (Phi) is 6.05. The maximum atomic E-state index is 14.4. The SMILES string of the molecule is CCC(Oc1cc2cc(Br)cnc2cc1F)C(=O)NCc1cnn(CC)c1. The molecule has 0 radical (unpaired) electrons. The molecule has 0 saturated heterocycles. The molecule has 6 nitrogen and oxygen atoms in total. The van der Waals surface area contributed by atoms with Gasteiger partial charge < -0.3 is 10.1 Å². The summed E-state index contributed by atoms with van der Waals surface area (Å²) in [6.45, 7) is 4.91. The van der Waals surface area contributed by atoms with Gasteiger partial charge in [0.1, 0.15) is 0 Å². The van der Waals surface area contributed by atoms with E-state index in [4.69, 9.17) is 4.74 Å². The third-order valence-electron chi connectivity index (χ3n) is 4.11. The van der Waals surface area contributed by atoms with E-state index in [9.17, 15) is 9.18 Å². The number of ether oxygens (including phenoxy) is 1. The van der Waals surface area contributed by atoms with Crippen molar-refractivity contribution >= 4 is 32.7 Å². The second-order valence-corrected chi connectivity index (χ2v) is 6.98. The van der Waals surface area contributed by atoms with Crippen LogP contribution in [0.4, 0.5) is 4.39 Å². The Balaban J connectivity index is 1.70. The lowest BCUT2D eigenvalue weighted by Crippen LogP contribution is -2.37. The zero-order valence-electron chi connectivity index (χ0n) is 15.1. The summed E-state index contributed by atoms with van der Waals surface area (Å²) >= 11 is 3.34. The van der Waals surface area contributed by atoms with Crippen LogP contribution in [0.5, 0.6) is 5.75 Å². The van der Waals surface area contributed by atoms with Crippen molar-refractivity contribution in [3.05, 3.63) is 52.6 Å². The fourth-order valence-electron chi connectivity index (χ4n) is 2.64. The van der Waals surface area contributed by atoms with Gasteiger partial charge in [-0.15, -0.1) is 0 Å². The molecule has 0 fully saturated rings. The molecule has 0 bridgehead atoms. The molecule has 2 heterocycles. The van der Waals surface area contributed by atoms with Crippen molar-refractivity contribution in [2.75, 3.05) is 0 Å². The van der Waals surface area contributed by atoms with Crippen molar-refractivity contribution in [1.82, 2.24) is 20.1 Å². The number of nitrogens with zero attached hydrogens (tertiary/aromatic N) is 3.